The van der Waals surface area contributed by atoms with E-state index in [4.69, 9.17) is 63.0 Å². The number of benzene rings is 2. The fourth-order valence-electron chi connectivity index (χ4n) is 3.99. The molecule has 0 bridgehead atoms. The van der Waals surface area contributed by atoms with Gasteiger partial charge in [-0.1, -0.05) is 47.5 Å². The predicted octanol–water partition coefficient (Wildman–Crippen LogP) is 2.05. The van der Waals surface area contributed by atoms with E-state index in [-0.39, 0.29) is 11.9 Å². The molecule has 4 rings (SSSR count). The molecule has 0 amide bonds. The Morgan fingerprint density at radius 3 is 1.15 bits per heavy atom. The van der Waals surface area contributed by atoms with E-state index in [9.17, 15) is 0 Å². The van der Waals surface area contributed by atoms with Crippen molar-refractivity contribution >= 4 is 45.5 Å². The van der Waals surface area contributed by atoms with Gasteiger partial charge in [0.25, 0.3) is 0 Å². The quantitative estimate of drug-likeness (QED) is 0.172. The monoisotopic (exact) mass is 602 g/mol. The van der Waals surface area contributed by atoms with Crippen LogP contribution >= 0.6 is 23.2 Å². The highest BCUT2D eigenvalue weighted by Gasteiger charge is 2.18. The molecule has 15 heteroatoms. The molecular formula is C24H36Cl2N8O4S. The SMILES string of the molecule is N=C(N)N1CCN(Cc2ccc(Cl)cc2)CC1.N=C(N)N1CCN(Cc2ccc(Cl)cc2)CC1.O=S(=O)(O)O. The third-order valence-electron chi connectivity index (χ3n) is 6.06. The molecule has 0 spiro atoms. The molecule has 12 nitrogen and oxygen atoms in total. The van der Waals surface area contributed by atoms with Crippen LogP contribution in [0, 0.1) is 10.8 Å². The maximum atomic E-state index is 8.74. The summed E-state index contributed by atoms with van der Waals surface area (Å²) in [5.41, 5.74) is 13.5. The second-order valence-corrected chi connectivity index (χ2v) is 10.8. The van der Waals surface area contributed by atoms with Gasteiger partial charge in [-0.05, 0) is 35.4 Å². The Bertz CT molecular complexity index is 1070. The van der Waals surface area contributed by atoms with Crippen LogP contribution in [0.1, 0.15) is 11.1 Å². The van der Waals surface area contributed by atoms with Gasteiger partial charge in [0.1, 0.15) is 0 Å². The highest BCUT2D eigenvalue weighted by Crippen LogP contribution is 2.14. The van der Waals surface area contributed by atoms with Gasteiger partial charge in [0.2, 0.25) is 0 Å². The van der Waals surface area contributed by atoms with E-state index in [1.54, 1.807) is 0 Å². The van der Waals surface area contributed by atoms with Gasteiger partial charge in [0.05, 0.1) is 0 Å². The molecular weight excluding hydrogens is 567 g/mol. The van der Waals surface area contributed by atoms with E-state index in [0.29, 0.717) is 0 Å². The summed E-state index contributed by atoms with van der Waals surface area (Å²) in [6.07, 6.45) is 0. The van der Waals surface area contributed by atoms with Crippen LogP contribution in [0.2, 0.25) is 10.0 Å². The molecule has 0 saturated carbocycles. The van der Waals surface area contributed by atoms with E-state index < -0.39 is 10.4 Å². The van der Waals surface area contributed by atoms with Gasteiger partial charge in [-0.2, -0.15) is 8.42 Å². The van der Waals surface area contributed by atoms with Crippen LogP contribution in [0.15, 0.2) is 48.5 Å². The second kappa shape index (κ2) is 15.8. The molecule has 0 unspecified atom stereocenters. The first-order valence-electron chi connectivity index (χ1n) is 12.1. The summed E-state index contributed by atoms with van der Waals surface area (Å²) in [4.78, 5) is 8.53. The van der Waals surface area contributed by atoms with Gasteiger partial charge in [0, 0.05) is 75.5 Å². The summed E-state index contributed by atoms with van der Waals surface area (Å²) in [5.74, 6) is 0.354. The number of hydrogen-bond acceptors (Lipinski definition) is 6. The molecule has 2 heterocycles. The van der Waals surface area contributed by atoms with E-state index in [1.807, 2.05) is 34.1 Å². The first-order chi connectivity index (χ1) is 18.3. The van der Waals surface area contributed by atoms with Gasteiger partial charge in [-0.3, -0.25) is 29.7 Å². The molecule has 2 aliphatic rings. The smallest absolute Gasteiger partial charge is 0.370 e. The molecule has 2 aliphatic heterocycles. The van der Waals surface area contributed by atoms with Crippen molar-refractivity contribution in [1.82, 2.24) is 19.6 Å². The zero-order chi connectivity index (χ0) is 29.0. The van der Waals surface area contributed by atoms with E-state index in [0.717, 1.165) is 75.5 Å². The van der Waals surface area contributed by atoms with Crippen LogP contribution in [0.25, 0.3) is 0 Å². The molecule has 8 N–H and O–H groups in total. The highest BCUT2D eigenvalue weighted by atomic mass is 35.5. The van der Waals surface area contributed by atoms with E-state index in [1.165, 1.54) is 11.1 Å². The van der Waals surface area contributed by atoms with Crippen molar-refractivity contribution in [1.29, 1.82) is 10.8 Å². The standard InChI is InChI=1S/2C12H17ClN4.H2O4S/c2*13-11-3-1-10(2-4-11)9-16-5-7-17(8-6-16)12(14)15;1-5(2,3)4/h2*1-4H,5-9H2,(H3,14,15);(H2,1,2,3,4). The minimum Gasteiger partial charge on any atom is -0.370 e. The molecule has 39 heavy (non-hydrogen) atoms. The lowest BCUT2D eigenvalue weighted by molar-refractivity contribution is 0.174. The fourth-order valence-corrected chi connectivity index (χ4v) is 4.24. The number of nitrogens with two attached hydrogens (primary N) is 2. The third-order valence-corrected chi connectivity index (χ3v) is 6.57. The molecule has 216 valence electrons. The van der Waals surface area contributed by atoms with Crippen molar-refractivity contribution in [2.75, 3.05) is 52.4 Å². The summed E-state index contributed by atoms with van der Waals surface area (Å²) in [5, 5.41) is 16.3. The lowest BCUT2D eigenvalue weighted by Gasteiger charge is -2.34. The van der Waals surface area contributed by atoms with Crippen molar-refractivity contribution in [3.63, 3.8) is 0 Å². The van der Waals surface area contributed by atoms with Crippen LogP contribution in [0.5, 0.6) is 0 Å². The Hall–Kier alpha value is -2.65. The largest absolute Gasteiger partial charge is 0.394 e. The van der Waals surface area contributed by atoms with Gasteiger partial charge in [0.15, 0.2) is 11.9 Å². The van der Waals surface area contributed by atoms with Crippen molar-refractivity contribution in [2.24, 2.45) is 11.5 Å². The number of hydrogen-bond donors (Lipinski definition) is 6. The lowest BCUT2D eigenvalue weighted by Crippen LogP contribution is -2.50. The normalized spacial score (nSPS) is 16.4. The van der Waals surface area contributed by atoms with Crippen LogP contribution in [-0.4, -0.2) is 101 Å². The maximum Gasteiger partial charge on any atom is 0.394 e. The third kappa shape index (κ3) is 13.8. The number of nitrogens with zero attached hydrogens (tertiary/aromatic N) is 4. The summed E-state index contributed by atoms with van der Waals surface area (Å²) in [6, 6.07) is 15.9. The number of halogens is 2. The van der Waals surface area contributed by atoms with Gasteiger partial charge in [-0.25, -0.2) is 0 Å². The number of guanidine groups is 2. The van der Waals surface area contributed by atoms with Crippen molar-refractivity contribution in [3.05, 3.63) is 69.7 Å². The summed E-state index contributed by atoms with van der Waals surface area (Å²) in [6.45, 7) is 9.00. The second-order valence-electron chi connectivity index (χ2n) is 9.00. The Balaban J connectivity index is 0.000000234. The average Bonchev–Trinajstić information content (AvgIpc) is 2.87. The predicted molar refractivity (Wildman–Crippen MR) is 155 cm³/mol. The van der Waals surface area contributed by atoms with Crippen LogP contribution in [0.4, 0.5) is 0 Å². The average molecular weight is 604 g/mol. The van der Waals surface area contributed by atoms with Crippen molar-refractivity contribution in [2.45, 2.75) is 13.1 Å². The molecule has 2 saturated heterocycles. The van der Waals surface area contributed by atoms with Gasteiger partial charge < -0.3 is 21.3 Å². The van der Waals surface area contributed by atoms with Gasteiger partial charge >= 0.3 is 10.4 Å². The van der Waals surface area contributed by atoms with Crippen LogP contribution in [-0.2, 0) is 23.5 Å². The Labute approximate surface area is 239 Å². The van der Waals surface area contributed by atoms with E-state index >= 15 is 0 Å². The van der Waals surface area contributed by atoms with Crippen molar-refractivity contribution < 1.29 is 17.5 Å². The number of nitrogens with one attached hydrogen (secondary N) is 2. The Morgan fingerprint density at radius 2 is 0.923 bits per heavy atom. The zero-order valence-corrected chi connectivity index (χ0v) is 23.8. The molecule has 0 aromatic heterocycles. The highest BCUT2D eigenvalue weighted by molar-refractivity contribution is 7.79. The minimum atomic E-state index is -4.67. The molecule has 2 aromatic rings. The topological polar surface area (TPSA) is 187 Å². The van der Waals surface area contributed by atoms with E-state index in [2.05, 4.69) is 34.1 Å². The van der Waals surface area contributed by atoms with Crippen LogP contribution < -0.4 is 11.5 Å². The zero-order valence-electron chi connectivity index (χ0n) is 21.5. The molecule has 2 aromatic carbocycles. The molecule has 0 atom stereocenters. The van der Waals surface area contributed by atoms with Gasteiger partial charge in [-0.15, -0.1) is 0 Å². The van der Waals surface area contributed by atoms with Crippen molar-refractivity contribution in [3.8, 4) is 0 Å². The first-order valence-corrected chi connectivity index (χ1v) is 14.3. The fraction of sp³-hybridized carbons (Fsp3) is 0.417. The Kier molecular flexibility index (Phi) is 13.2. The Morgan fingerprint density at radius 1 is 0.667 bits per heavy atom. The first kappa shape index (κ1) is 32.6. The molecule has 0 aliphatic carbocycles. The maximum absolute atomic E-state index is 8.74. The number of rotatable bonds is 4. The lowest BCUT2D eigenvalue weighted by atomic mass is 10.2. The summed E-state index contributed by atoms with van der Waals surface area (Å²) >= 11 is 11.7. The summed E-state index contributed by atoms with van der Waals surface area (Å²) in [7, 11) is -4.67. The number of piperazine rings is 2. The summed E-state index contributed by atoms with van der Waals surface area (Å²) < 4.78 is 31.6. The molecule has 0 radical (unpaired) electrons. The molecule has 2 fully saturated rings. The minimum absolute atomic E-state index is 0.177. The van der Waals surface area contributed by atoms with Crippen LogP contribution in [0.3, 0.4) is 0 Å².